The van der Waals surface area contributed by atoms with Gasteiger partial charge in [0, 0.05) is 38.3 Å². The zero-order chi connectivity index (χ0) is 15.4. The first kappa shape index (κ1) is 15.4. The van der Waals surface area contributed by atoms with Crippen LogP contribution in [0.2, 0.25) is 0 Å². The Morgan fingerprint density at radius 1 is 1.14 bits per heavy atom. The zero-order valence-corrected chi connectivity index (χ0v) is 13.3. The Labute approximate surface area is 132 Å². The van der Waals surface area contributed by atoms with Gasteiger partial charge in [-0.1, -0.05) is 19.3 Å². The van der Waals surface area contributed by atoms with Crippen LogP contribution < -0.4 is 15.1 Å². The summed E-state index contributed by atoms with van der Waals surface area (Å²) in [5.74, 6) is 1.34. The van der Waals surface area contributed by atoms with Gasteiger partial charge in [0.25, 0.3) is 0 Å². The van der Waals surface area contributed by atoms with Crippen LogP contribution in [0.15, 0.2) is 12.1 Å². The monoisotopic (exact) mass is 306 g/mol. The van der Waals surface area contributed by atoms with Crippen molar-refractivity contribution in [2.75, 3.05) is 43.7 Å². The molecule has 1 aromatic rings. The summed E-state index contributed by atoms with van der Waals surface area (Å²) in [6.45, 7) is 4.00. The van der Waals surface area contributed by atoms with E-state index >= 15 is 0 Å². The highest BCUT2D eigenvalue weighted by Gasteiger charge is 2.26. The van der Waals surface area contributed by atoms with Crippen LogP contribution in [0.1, 0.15) is 32.1 Å². The molecule has 0 unspecified atom stereocenters. The average molecular weight is 306 g/mol. The van der Waals surface area contributed by atoms with Crippen molar-refractivity contribution in [2.45, 2.75) is 38.1 Å². The number of hydrogen-bond acceptors (Lipinski definition) is 6. The Balaban J connectivity index is 1.65. The second-order valence-corrected chi connectivity index (χ2v) is 6.15. The molecule has 6 nitrogen and oxygen atoms in total. The van der Waals surface area contributed by atoms with Gasteiger partial charge in [-0.2, -0.15) is 4.98 Å². The summed E-state index contributed by atoms with van der Waals surface area (Å²) in [5.41, 5.74) is 2.88. The van der Waals surface area contributed by atoms with E-state index in [-0.39, 0.29) is 0 Å². The minimum absolute atomic E-state index is 0.573. The fourth-order valence-electron chi connectivity index (χ4n) is 3.62. The summed E-state index contributed by atoms with van der Waals surface area (Å²) < 4.78 is 5.20. The number of rotatable bonds is 4. The second-order valence-electron chi connectivity index (χ2n) is 6.15. The zero-order valence-electron chi connectivity index (χ0n) is 13.3. The Kier molecular flexibility index (Phi) is 5.00. The predicted molar refractivity (Wildman–Crippen MR) is 86.9 cm³/mol. The van der Waals surface area contributed by atoms with E-state index < -0.39 is 0 Å². The summed E-state index contributed by atoms with van der Waals surface area (Å²) in [6.07, 6.45) is 6.85. The molecule has 1 aliphatic heterocycles. The van der Waals surface area contributed by atoms with E-state index in [0.717, 1.165) is 38.0 Å². The molecule has 6 heteroatoms. The number of methoxy groups -OCH3 is 1. The number of nitrogens with zero attached hydrogens (tertiary/aromatic N) is 3. The van der Waals surface area contributed by atoms with Crippen molar-refractivity contribution < 1.29 is 9.94 Å². The molecule has 2 fully saturated rings. The molecular formula is C16H26N4O2. The number of pyridine rings is 1. The molecule has 22 heavy (non-hydrogen) atoms. The molecule has 0 amide bonds. The van der Waals surface area contributed by atoms with Crippen LogP contribution in [-0.2, 0) is 0 Å². The van der Waals surface area contributed by atoms with Crippen molar-refractivity contribution >= 4 is 11.5 Å². The first-order chi connectivity index (χ1) is 10.8. The third-order valence-corrected chi connectivity index (χ3v) is 4.88. The number of aromatic nitrogens is 1. The summed E-state index contributed by atoms with van der Waals surface area (Å²) >= 11 is 0. The summed E-state index contributed by atoms with van der Waals surface area (Å²) in [6, 6.07) is 4.32. The molecule has 2 heterocycles. The lowest BCUT2D eigenvalue weighted by atomic mass is 9.94. The van der Waals surface area contributed by atoms with E-state index in [1.54, 1.807) is 19.2 Å². The normalized spacial score (nSPS) is 20.9. The minimum atomic E-state index is 0.573. The molecule has 122 valence electrons. The average Bonchev–Trinajstić information content (AvgIpc) is 2.62. The molecule has 0 aromatic carbocycles. The van der Waals surface area contributed by atoms with Crippen LogP contribution in [0.4, 0.5) is 11.5 Å². The molecule has 0 radical (unpaired) electrons. The fourth-order valence-corrected chi connectivity index (χ4v) is 3.62. The summed E-state index contributed by atoms with van der Waals surface area (Å²) in [4.78, 5) is 9.34. The number of ether oxygens (including phenoxy) is 1. The first-order valence-corrected chi connectivity index (χ1v) is 8.26. The van der Waals surface area contributed by atoms with Gasteiger partial charge in [0.1, 0.15) is 5.69 Å². The van der Waals surface area contributed by atoms with E-state index in [9.17, 15) is 5.21 Å². The molecule has 1 saturated heterocycles. The predicted octanol–water partition coefficient (Wildman–Crippen LogP) is 2.35. The van der Waals surface area contributed by atoms with Gasteiger partial charge in [-0.15, -0.1) is 0 Å². The smallest absolute Gasteiger partial charge is 0.215 e. The molecule has 0 spiro atoms. The molecular weight excluding hydrogens is 280 g/mol. The van der Waals surface area contributed by atoms with Gasteiger partial charge in [-0.25, -0.2) is 0 Å². The molecule has 1 aromatic heterocycles. The van der Waals surface area contributed by atoms with Crippen molar-refractivity contribution in [1.82, 2.24) is 9.88 Å². The number of nitrogens with one attached hydrogen (secondary N) is 1. The lowest BCUT2D eigenvalue weighted by molar-refractivity contribution is 0.147. The Morgan fingerprint density at radius 2 is 1.86 bits per heavy atom. The van der Waals surface area contributed by atoms with Crippen LogP contribution >= 0.6 is 0 Å². The maximum Gasteiger partial charge on any atom is 0.215 e. The largest absolute Gasteiger partial charge is 0.481 e. The Hall–Kier alpha value is -1.53. The Morgan fingerprint density at radius 3 is 2.50 bits per heavy atom. The summed E-state index contributed by atoms with van der Waals surface area (Å²) in [5, 5.41) is 9.30. The van der Waals surface area contributed by atoms with Crippen molar-refractivity contribution in [3.05, 3.63) is 12.1 Å². The highest BCUT2D eigenvalue weighted by Crippen LogP contribution is 2.29. The van der Waals surface area contributed by atoms with E-state index in [4.69, 9.17) is 4.74 Å². The molecule has 0 atom stereocenters. The topological polar surface area (TPSA) is 60.9 Å². The molecule has 2 N–H and O–H groups in total. The first-order valence-electron chi connectivity index (χ1n) is 8.26. The van der Waals surface area contributed by atoms with Gasteiger partial charge >= 0.3 is 0 Å². The van der Waals surface area contributed by atoms with Gasteiger partial charge in [0.05, 0.1) is 7.11 Å². The maximum absolute atomic E-state index is 9.30. The van der Waals surface area contributed by atoms with Crippen LogP contribution in [0.25, 0.3) is 0 Å². The lowest BCUT2D eigenvalue weighted by Gasteiger charge is -2.41. The fraction of sp³-hybridized carbons (Fsp3) is 0.688. The molecule has 1 aliphatic carbocycles. The Bertz CT molecular complexity index is 483. The van der Waals surface area contributed by atoms with Crippen molar-refractivity contribution in [3.63, 3.8) is 0 Å². The molecule has 0 bridgehead atoms. The quantitative estimate of drug-likeness (QED) is 0.833. The van der Waals surface area contributed by atoms with Crippen LogP contribution in [0.3, 0.4) is 0 Å². The lowest BCUT2D eigenvalue weighted by Crippen LogP contribution is -2.51. The number of hydrogen-bond donors (Lipinski definition) is 2. The van der Waals surface area contributed by atoms with E-state index in [1.807, 2.05) is 0 Å². The second kappa shape index (κ2) is 7.15. The SMILES string of the molecule is COc1ccc(NO)c(N2CCN(C3CCCCC3)CC2)n1. The third-order valence-electron chi connectivity index (χ3n) is 4.88. The third kappa shape index (κ3) is 3.28. The molecule has 3 rings (SSSR count). The molecule has 1 saturated carbocycles. The van der Waals surface area contributed by atoms with Crippen molar-refractivity contribution in [3.8, 4) is 5.88 Å². The van der Waals surface area contributed by atoms with Gasteiger partial charge < -0.3 is 9.64 Å². The maximum atomic E-state index is 9.30. The molecule has 2 aliphatic rings. The van der Waals surface area contributed by atoms with Gasteiger partial charge in [-0.3, -0.25) is 15.6 Å². The number of piperazine rings is 1. The van der Waals surface area contributed by atoms with Crippen LogP contribution in [0.5, 0.6) is 5.88 Å². The van der Waals surface area contributed by atoms with E-state index in [1.165, 1.54) is 32.1 Å². The van der Waals surface area contributed by atoms with E-state index in [2.05, 4.69) is 20.3 Å². The van der Waals surface area contributed by atoms with Gasteiger partial charge in [-0.05, 0) is 18.9 Å². The van der Waals surface area contributed by atoms with Crippen LogP contribution in [0, 0.1) is 0 Å². The van der Waals surface area contributed by atoms with E-state index in [0.29, 0.717) is 11.6 Å². The summed E-state index contributed by atoms with van der Waals surface area (Å²) in [7, 11) is 1.61. The van der Waals surface area contributed by atoms with Crippen LogP contribution in [-0.4, -0.2) is 54.4 Å². The van der Waals surface area contributed by atoms with Crippen molar-refractivity contribution in [2.24, 2.45) is 0 Å². The van der Waals surface area contributed by atoms with Gasteiger partial charge in [0.15, 0.2) is 5.82 Å². The standard InChI is InChI=1S/C16H26N4O2/c1-22-15-8-7-14(18-21)16(17-15)20-11-9-19(10-12-20)13-5-3-2-4-6-13/h7-8,13,18,21H,2-6,9-12H2,1H3. The number of anilines is 2. The van der Waals surface area contributed by atoms with Gasteiger partial charge in [0.2, 0.25) is 5.88 Å². The minimum Gasteiger partial charge on any atom is -0.481 e. The highest BCUT2D eigenvalue weighted by molar-refractivity contribution is 5.65. The highest BCUT2D eigenvalue weighted by atomic mass is 16.5. The van der Waals surface area contributed by atoms with Crippen molar-refractivity contribution in [1.29, 1.82) is 0 Å².